The minimum atomic E-state index is 0.183. The molecule has 0 saturated heterocycles. The molecule has 4 heteroatoms. The Morgan fingerprint density at radius 3 is 2.72 bits per heavy atom. The molecule has 4 nitrogen and oxygen atoms in total. The topological polar surface area (TPSA) is 35.6 Å². The first-order valence-electron chi connectivity index (χ1n) is 6.59. The SMILES string of the molecule is CN1CCN(C(=O)CNC2CC2)c2ccccc21. The molecule has 0 unspecified atom stereocenters. The van der Waals surface area contributed by atoms with E-state index in [2.05, 4.69) is 23.3 Å². The van der Waals surface area contributed by atoms with Crippen LogP contribution in [0.4, 0.5) is 11.4 Å². The van der Waals surface area contributed by atoms with Crippen LogP contribution in [0.2, 0.25) is 0 Å². The molecule has 1 saturated carbocycles. The summed E-state index contributed by atoms with van der Waals surface area (Å²) in [7, 11) is 2.07. The fourth-order valence-corrected chi connectivity index (χ4v) is 2.38. The molecule has 1 aliphatic heterocycles. The van der Waals surface area contributed by atoms with Gasteiger partial charge in [-0.15, -0.1) is 0 Å². The highest BCUT2D eigenvalue weighted by molar-refractivity contribution is 5.99. The molecule has 1 aliphatic carbocycles. The van der Waals surface area contributed by atoms with Crippen molar-refractivity contribution in [1.29, 1.82) is 0 Å². The molecule has 3 rings (SSSR count). The number of hydrogen-bond acceptors (Lipinski definition) is 3. The van der Waals surface area contributed by atoms with E-state index in [9.17, 15) is 4.79 Å². The van der Waals surface area contributed by atoms with Gasteiger partial charge in [-0.3, -0.25) is 4.79 Å². The zero-order valence-electron chi connectivity index (χ0n) is 10.7. The van der Waals surface area contributed by atoms with Crippen molar-refractivity contribution in [3.05, 3.63) is 24.3 Å². The zero-order valence-corrected chi connectivity index (χ0v) is 10.7. The summed E-state index contributed by atoms with van der Waals surface area (Å²) in [6.45, 7) is 2.13. The molecule has 0 atom stereocenters. The summed E-state index contributed by atoms with van der Waals surface area (Å²) in [5.41, 5.74) is 2.18. The molecule has 0 aromatic heterocycles. The molecule has 1 aromatic carbocycles. The number of carbonyl (C=O) groups excluding carboxylic acids is 1. The van der Waals surface area contributed by atoms with Gasteiger partial charge in [-0.1, -0.05) is 12.1 Å². The maximum atomic E-state index is 12.2. The van der Waals surface area contributed by atoms with Crippen LogP contribution in [-0.2, 0) is 4.79 Å². The molecule has 1 aromatic rings. The van der Waals surface area contributed by atoms with Crippen molar-refractivity contribution in [1.82, 2.24) is 5.32 Å². The summed E-state index contributed by atoms with van der Waals surface area (Å²) in [5.74, 6) is 0.183. The average Bonchev–Trinajstić information content (AvgIpc) is 3.21. The third-order valence-corrected chi connectivity index (χ3v) is 3.66. The van der Waals surface area contributed by atoms with Gasteiger partial charge in [-0.25, -0.2) is 0 Å². The van der Waals surface area contributed by atoms with Gasteiger partial charge in [0.15, 0.2) is 0 Å². The highest BCUT2D eigenvalue weighted by atomic mass is 16.2. The predicted octanol–water partition coefficient (Wildman–Crippen LogP) is 1.22. The molecule has 1 fully saturated rings. The first-order valence-corrected chi connectivity index (χ1v) is 6.59. The monoisotopic (exact) mass is 245 g/mol. The smallest absolute Gasteiger partial charge is 0.241 e. The number of fused-ring (bicyclic) bond motifs is 1. The fourth-order valence-electron chi connectivity index (χ4n) is 2.38. The second kappa shape index (κ2) is 4.61. The molecule has 2 aliphatic rings. The van der Waals surface area contributed by atoms with Crippen LogP contribution in [0, 0.1) is 0 Å². The molecule has 0 spiro atoms. The minimum absolute atomic E-state index is 0.183. The van der Waals surface area contributed by atoms with E-state index in [4.69, 9.17) is 0 Å². The Labute approximate surface area is 108 Å². The lowest BCUT2D eigenvalue weighted by Gasteiger charge is -2.35. The Balaban J connectivity index is 1.76. The van der Waals surface area contributed by atoms with E-state index in [-0.39, 0.29) is 5.91 Å². The number of amides is 1. The van der Waals surface area contributed by atoms with E-state index in [1.165, 1.54) is 12.8 Å². The number of benzene rings is 1. The summed E-state index contributed by atoms with van der Waals surface area (Å²) in [6, 6.07) is 8.69. The van der Waals surface area contributed by atoms with Gasteiger partial charge < -0.3 is 15.1 Å². The maximum Gasteiger partial charge on any atom is 0.241 e. The standard InChI is InChI=1S/C14H19N3O/c1-16-8-9-17(13-5-3-2-4-12(13)16)14(18)10-15-11-6-7-11/h2-5,11,15H,6-10H2,1H3. The van der Waals surface area contributed by atoms with E-state index in [0.29, 0.717) is 12.6 Å². The lowest BCUT2D eigenvalue weighted by molar-refractivity contribution is -0.117. The number of nitrogens with one attached hydrogen (secondary N) is 1. The number of rotatable bonds is 3. The van der Waals surface area contributed by atoms with E-state index >= 15 is 0 Å². The molecular weight excluding hydrogens is 226 g/mol. The molecule has 1 amide bonds. The van der Waals surface area contributed by atoms with E-state index in [1.807, 2.05) is 23.1 Å². The predicted molar refractivity (Wildman–Crippen MR) is 73.1 cm³/mol. The van der Waals surface area contributed by atoms with Crippen LogP contribution >= 0.6 is 0 Å². The quantitative estimate of drug-likeness (QED) is 0.870. The molecule has 0 bridgehead atoms. The van der Waals surface area contributed by atoms with Crippen molar-refractivity contribution in [3.8, 4) is 0 Å². The van der Waals surface area contributed by atoms with Gasteiger partial charge in [0.25, 0.3) is 0 Å². The van der Waals surface area contributed by atoms with Crippen LogP contribution in [-0.4, -0.2) is 38.6 Å². The normalized spacial score (nSPS) is 18.7. The van der Waals surface area contributed by atoms with Crippen LogP contribution < -0.4 is 15.1 Å². The second-order valence-corrected chi connectivity index (χ2v) is 5.11. The zero-order chi connectivity index (χ0) is 12.5. The van der Waals surface area contributed by atoms with Crippen molar-refractivity contribution in [3.63, 3.8) is 0 Å². The summed E-state index contributed by atoms with van der Waals surface area (Å²) < 4.78 is 0. The first-order chi connectivity index (χ1) is 8.75. The van der Waals surface area contributed by atoms with Crippen molar-refractivity contribution in [2.24, 2.45) is 0 Å². The number of likely N-dealkylation sites (N-methyl/N-ethyl adjacent to an activating group) is 1. The Hall–Kier alpha value is -1.55. The highest BCUT2D eigenvalue weighted by Gasteiger charge is 2.26. The third-order valence-electron chi connectivity index (χ3n) is 3.66. The van der Waals surface area contributed by atoms with Gasteiger partial charge in [0.2, 0.25) is 5.91 Å². The Bertz CT molecular complexity index is 456. The van der Waals surface area contributed by atoms with Crippen molar-refractivity contribution in [2.75, 3.05) is 36.5 Å². The summed E-state index contributed by atoms with van der Waals surface area (Å²) >= 11 is 0. The van der Waals surface area contributed by atoms with Crippen molar-refractivity contribution >= 4 is 17.3 Å². The van der Waals surface area contributed by atoms with Gasteiger partial charge in [-0.2, -0.15) is 0 Å². The van der Waals surface area contributed by atoms with Gasteiger partial charge >= 0.3 is 0 Å². The second-order valence-electron chi connectivity index (χ2n) is 5.11. The van der Waals surface area contributed by atoms with Gasteiger partial charge in [0.1, 0.15) is 0 Å². The molecule has 1 N–H and O–H groups in total. The lowest BCUT2D eigenvalue weighted by atomic mass is 10.1. The Kier molecular flexibility index (Phi) is 2.96. The molecule has 0 radical (unpaired) electrons. The summed E-state index contributed by atoms with van der Waals surface area (Å²) in [4.78, 5) is 16.4. The van der Waals surface area contributed by atoms with Crippen LogP contribution in [0.25, 0.3) is 0 Å². The van der Waals surface area contributed by atoms with Gasteiger partial charge in [0, 0.05) is 26.2 Å². The van der Waals surface area contributed by atoms with Crippen LogP contribution in [0.15, 0.2) is 24.3 Å². The van der Waals surface area contributed by atoms with Gasteiger partial charge in [0.05, 0.1) is 17.9 Å². The van der Waals surface area contributed by atoms with E-state index in [1.54, 1.807) is 0 Å². The number of nitrogens with zero attached hydrogens (tertiary/aromatic N) is 2. The largest absolute Gasteiger partial charge is 0.371 e. The maximum absolute atomic E-state index is 12.2. The van der Waals surface area contributed by atoms with Gasteiger partial charge in [-0.05, 0) is 25.0 Å². The minimum Gasteiger partial charge on any atom is -0.371 e. The lowest BCUT2D eigenvalue weighted by Crippen LogP contribution is -2.46. The van der Waals surface area contributed by atoms with Crippen LogP contribution in [0.3, 0.4) is 0 Å². The number of hydrogen-bond donors (Lipinski definition) is 1. The highest BCUT2D eigenvalue weighted by Crippen LogP contribution is 2.31. The van der Waals surface area contributed by atoms with E-state index in [0.717, 1.165) is 24.5 Å². The number of carbonyl (C=O) groups is 1. The van der Waals surface area contributed by atoms with E-state index < -0.39 is 0 Å². The van der Waals surface area contributed by atoms with Crippen LogP contribution in [0.5, 0.6) is 0 Å². The summed E-state index contributed by atoms with van der Waals surface area (Å²) in [6.07, 6.45) is 2.43. The molecular formula is C14H19N3O. The molecule has 18 heavy (non-hydrogen) atoms. The average molecular weight is 245 g/mol. The molecule has 1 heterocycles. The van der Waals surface area contributed by atoms with Crippen LogP contribution in [0.1, 0.15) is 12.8 Å². The first kappa shape index (κ1) is 11.5. The molecule has 96 valence electrons. The summed E-state index contributed by atoms with van der Waals surface area (Å²) in [5, 5.41) is 3.29. The Morgan fingerprint density at radius 1 is 1.28 bits per heavy atom. The third kappa shape index (κ3) is 2.20. The Morgan fingerprint density at radius 2 is 2.00 bits per heavy atom. The fraction of sp³-hybridized carbons (Fsp3) is 0.500. The van der Waals surface area contributed by atoms with Crippen molar-refractivity contribution < 1.29 is 4.79 Å². The number of anilines is 2. The van der Waals surface area contributed by atoms with Crippen molar-refractivity contribution in [2.45, 2.75) is 18.9 Å². The number of para-hydroxylation sites is 2.